The SMILES string of the molecule is N#CCc1ccc(NC(=O)C2CCN(Cc3nc(-c4ccc(Br)cc4)no3)CC2)cc1. The van der Waals surface area contributed by atoms with E-state index in [4.69, 9.17) is 9.78 Å². The highest BCUT2D eigenvalue weighted by Gasteiger charge is 2.26. The number of hydrogen-bond donors (Lipinski definition) is 1. The maximum atomic E-state index is 12.6. The van der Waals surface area contributed by atoms with Crippen molar-refractivity contribution in [2.75, 3.05) is 18.4 Å². The number of aromatic nitrogens is 2. The molecule has 1 N–H and O–H groups in total. The maximum Gasteiger partial charge on any atom is 0.241 e. The molecule has 1 aliphatic heterocycles. The number of rotatable bonds is 6. The molecule has 0 saturated carbocycles. The molecule has 0 spiro atoms. The first kappa shape index (κ1) is 21.2. The van der Waals surface area contributed by atoms with E-state index in [2.05, 4.69) is 42.4 Å². The van der Waals surface area contributed by atoms with Gasteiger partial charge in [0.2, 0.25) is 17.6 Å². The first-order valence-corrected chi connectivity index (χ1v) is 11.0. The minimum atomic E-state index is -0.0175. The third-order valence-corrected chi connectivity index (χ3v) is 5.92. The Kier molecular flexibility index (Phi) is 6.75. The van der Waals surface area contributed by atoms with E-state index in [0.29, 0.717) is 24.7 Å². The predicted octanol–water partition coefficient (Wildman–Crippen LogP) is 4.42. The molecule has 2 heterocycles. The highest BCUT2D eigenvalue weighted by atomic mass is 79.9. The van der Waals surface area contributed by atoms with Crippen molar-refractivity contribution in [3.8, 4) is 17.5 Å². The van der Waals surface area contributed by atoms with Gasteiger partial charge in [0.15, 0.2) is 0 Å². The fourth-order valence-corrected chi connectivity index (χ4v) is 3.89. The lowest BCUT2D eigenvalue weighted by molar-refractivity contribution is -0.121. The van der Waals surface area contributed by atoms with E-state index >= 15 is 0 Å². The summed E-state index contributed by atoms with van der Waals surface area (Å²) in [5.41, 5.74) is 2.62. The summed E-state index contributed by atoms with van der Waals surface area (Å²) in [5, 5.41) is 15.8. The van der Waals surface area contributed by atoms with E-state index in [-0.39, 0.29) is 11.8 Å². The molecule has 158 valence electrons. The molecule has 8 heteroatoms. The van der Waals surface area contributed by atoms with Crippen LogP contribution in [0.3, 0.4) is 0 Å². The fraction of sp³-hybridized carbons (Fsp3) is 0.304. The molecule has 0 atom stereocenters. The molecule has 3 aromatic rings. The Bertz CT molecular complexity index is 1060. The van der Waals surface area contributed by atoms with Gasteiger partial charge in [-0.1, -0.05) is 33.2 Å². The van der Waals surface area contributed by atoms with Crippen LogP contribution in [0.1, 0.15) is 24.3 Å². The number of amides is 1. The van der Waals surface area contributed by atoms with Gasteiger partial charge < -0.3 is 9.84 Å². The van der Waals surface area contributed by atoms with Crippen molar-refractivity contribution < 1.29 is 9.32 Å². The minimum Gasteiger partial charge on any atom is -0.338 e. The third kappa shape index (κ3) is 5.57. The summed E-state index contributed by atoms with van der Waals surface area (Å²) in [5.74, 6) is 1.19. The van der Waals surface area contributed by atoms with Gasteiger partial charge in [-0.15, -0.1) is 0 Å². The molecule has 0 aliphatic carbocycles. The summed E-state index contributed by atoms with van der Waals surface area (Å²) in [4.78, 5) is 19.3. The van der Waals surface area contributed by atoms with E-state index < -0.39 is 0 Å². The normalized spacial score (nSPS) is 14.8. The van der Waals surface area contributed by atoms with Crippen molar-refractivity contribution >= 4 is 27.5 Å². The Labute approximate surface area is 189 Å². The molecule has 1 saturated heterocycles. The first-order chi connectivity index (χ1) is 15.1. The van der Waals surface area contributed by atoms with Crippen LogP contribution in [0.15, 0.2) is 57.5 Å². The van der Waals surface area contributed by atoms with Crippen molar-refractivity contribution in [1.29, 1.82) is 5.26 Å². The standard InChI is InChI=1S/C23H22BrN5O2/c24-19-5-3-17(4-6-19)22-27-21(31-28-22)15-29-13-10-18(11-14-29)23(30)26-20-7-1-16(2-8-20)9-12-25/h1-8,18H,9-11,13-15H2,(H,26,30). The monoisotopic (exact) mass is 479 g/mol. The zero-order chi connectivity index (χ0) is 21.6. The van der Waals surface area contributed by atoms with E-state index in [1.54, 1.807) is 0 Å². The molecule has 1 fully saturated rings. The number of anilines is 1. The Balaban J connectivity index is 1.26. The number of nitrogens with zero attached hydrogens (tertiary/aromatic N) is 4. The van der Waals surface area contributed by atoms with E-state index in [1.165, 1.54) is 0 Å². The van der Waals surface area contributed by atoms with Crippen LogP contribution in [0.5, 0.6) is 0 Å². The third-order valence-electron chi connectivity index (χ3n) is 5.39. The Hall–Kier alpha value is -3.02. The smallest absolute Gasteiger partial charge is 0.241 e. The molecule has 0 bridgehead atoms. The average Bonchev–Trinajstić information content (AvgIpc) is 3.25. The van der Waals surface area contributed by atoms with E-state index in [1.807, 2.05) is 48.5 Å². The molecule has 1 amide bonds. The van der Waals surface area contributed by atoms with Crippen LogP contribution >= 0.6 is 15.9 Å². The van der Waals surface area contributed by atoms with Gasteiger partial charge in [-0.25, -0.2) is 0 Å². The van der Waals surface area contributed by atoms with Gasteiger partial charge in [0.05, 0.1) is 19.0 Å². The summed E-state index contributed by atoms with van der Waals surface area (Å²) in [6, 6.07) is 17.3. The number of halogens is 1. The van der Waals surface area contributed by atoms with Crippen molar-refractivity contribution in [3.05, 3.63) is 64.5 Å². The number of benzene rings is 2. The quantitative estimate of drug-likeness (QED) is 0.562. The summed E-state index contributed by atoms with van der Waals surface area (Å²) in [7, 11) is 0. The van der Waals surface area contributed by atoms with Gasteiger partial charge in [0, 0.05) is 21.6 Å². The van der Waals surface area contributed by atoms with Crippen LogP contribution in [0, 0.1) is 17.2 Å². The lowest BCUT2D eigenvalue weighted by Gasteiger charge is -2.30. The molecule has 1 aliphatic rings. The lowest BCUT2D eigenvalue weighted by Crippen LogP contribution is -2.37. The highest BCUT2D eigenvalue weighted by molar-refractivity contribution is 9.10. The molecular formula is C23H22BrN5O2. The van der Waals surface area contributed by atoms with Crippen LogP contribution in [-0.2, 0) is 17.8 Å². The van der Waals surface area contributed by atoms with Crippen molar-refractivity contribution in [1.82, 2.24) is 15.0 Å². The number of nitrogens with one attached hydrogen (secondary N) is 1. The second kappa shape index (κ2) is 9.86. The van der Waals surface area contributed by atoms with Gasteiger partial charge in [-0.2, -0.15) is 10.2 Å². The zero-order valence-electron chi connectivity index (χ0n) is 16.9. The second-order valence-corrected chi connectivity index (χ2v) is 8.51. The number of hydrogen-bond acceptors (Lipinski definition) is 6. The van der Waals surface area contributed by atoms with Crippen LogP contribution in [0.2, 0.25) is 0 Å². The topological polar surface area (TPSA) is 95.1 Å². The number of carbonyl (C=O) groups is 1. The highest BCUT2D eigenvalue weighted by Crippen LogP contribution is 2.23. The average molecular weight is 480 g/mol. The van der Waals surface area contributed by atoms with Gasteiger partial charge in [0.1, 0.15) is 0 Å². The Morgan fingerprint density at radius 3 is 2.55 bits per heavy atom. The number of likely N-dealkylation sites (tertiary alicyclic amines) is 1. The molecule has 31 heavy (non-hydrogen) atoms. The second-order valence-electron chi connectivity index (χ2n) is 7.59. The molecule has 4 rings (SSSR count). The number of nitriles is 1. The molecular weight excluding hydrogens is 458 g/mol. The van der Waals surface area contributed by atoms with E-state index in [0.717, 1.165) is 47.2 Å². The molecule has 1 aromatic heterocycles. The van der Waals surface area contributed by atoms with Gasteiger partial charge in [0.25, 0.3) is 0 Å². The van der Waals surface area contributed by atoms with Crippen molar-refractivity contribution in [2.24, 2.45) is 5.92 Å². The lowest BCUT2D eigenvalue weighted by atomic mass is 9.95. The maximum absolute atomic E-state index is 12.6. The molecule has 2 aromatic carbocycles. The van der Waals surface area contributed by atoms with Crippen molar-refractivity contribution in [2.45, 2.75) is 25.8 Å². The van der Waals surface area contributed by atoms with E-state index in [9.17, 15) is 4.79 Å². The number of carbonyl (C=O) groups excluding carboxylic acids is 1. The summed E-state index contributed by atoms with van der Waals surface area (Å²) < 4.78 is 6.42. The Morgan fingerprint density at radius 2 is 1.87 bits per heavy atom. The zero-order valence-corrected chi connectivity index (χ0v) is 18.5. The van der Waals surface area contributed by atoms with Crippen LogP contribution in [0.4, 0.5) is 5.69 Å². The fourth-order valence-electron chi connectivity index (χ4n) is 3.62. The predicted molar refractivity (Wildman–Crippen MR) is 120 cm³/mol. The number of piperidine rings is 1. The van der Waals surface area contributed by atoms with Gasteiger partial charge in [-0.3, -0.25) is 9.69 Å². The molecule has 0 radical (unpaired) electrons. The summed E-state index contributed by atoms with van der Waals surface area (Å²) in [6.45, 7) is 2.18. The van der Waals surface area contributed by atoms with Crippen LogP contribution in [-0.4, -0.2) is 34.0 Å². The van der Waals surface area contributed by atoms with Crippen LogP contribution < -0.4 is 5.32 Å². The van der Waals surface area contributed by atoms with Gasteiger partial charge in [-0.05, 0) is 67.9 Å². The first-order valence-electron chi connectivity index (χ1n) is 10.2. The van der Waals surface area contributed by atoms with Crippen LogP contribution in [0.25, 0.3) is 11.4 Å². The molecule has 7 nitrogen and oxygen atoms in total. The minimum absolute atomic E-state index is 0.0175. The summed E-state index contributed by atoms with van der Waals surface area (Å²) in [6.07, 6.45) is 1.94. The van der Waals surface area contributed by atoms with Gasteiger partial charge >= 0.3 is 0 Å². The summed E-state index contributed by atoms with van der Waals surface area (Å²) >= 11 is 3.42. The molecule has 0 unspecified atom stereocenters. The Morgan fingerprint density at radius 1 is 1.16 bits per heavy atom. The largest absolute Gasteiger partial charge is 0.338 e. The van der Waals surface area contributed by atoms with Crippen molar-refractivity contribution in [3.63, 3.8) is 0 Å².